The van der Waals surface area contributed by atoms with Crippen molar-refractivity contribution < 1.29 is 49.1 Å². The second-order valence-corrected chi connectivity index (χ2v) is 10.4. The lowest BCUT2D eigenvalue weighted by atomic mass is 9.93. The van der Waals surface area contributed by atoms with Gasteiger partial charge in [-0.15, -0.1) is 0 Å². The average Bonchev–Trinajstić information content (AvgIpc) is 2.79. The topological polar surface area (TPSA) is 104 Å². The maximum Gasteiger partial charge on any atom is 0.430 e. The van der Waals surface area contributed by atoms with Crippen molar-refractivity contribution in [1.29, 1.82) is 0 Å². The predicted molar refractivity (Wildman–Crippen MR) is 126 cm³/mol. The van der Waals surface area contributed by atoms with E-state index in [9.17, 15) is 49.1 Å². The fourth-order valence-electron chi connectivity index (χ4n) is 3.96. The van der Waals surface area contributed by atoms with Gasteiger partial charge in [-0.1, -0.05) is 18.2 Å². The number of sulfonamides is 1. The van der Waals surface area contributed by atoms with Crippen LogP contribution in [0.15, 0.2) is 53.0 Å². The number of primary amides is 1. The van der Waals surface area contributed by atoms with Gasteiger partial charge in [0.25, 0.3) is 11.5 Å². The summed E-state index contributed by atoms with van der Waals surface area (Å²) in [5.74, 6) is -3.14. The van der Waals surface area contributed by atoms with Gasteiger partial charge in [-0.2, -0.15) is 30.6 Å². The average molecular weight is 574 g/mol. The molecule has 38 heavy (non-hydrogen) atoms. The summed E-state index contributed by atoms with van der Waals surface area (Å²) in [5, 5.41) is 9.78. The van der Waals surface area contributed by atoms with Gasteiger partial charge in [0.2, 0.25) is 10.0 Å². The second-order valence-electron chi connectivity index (χ2n) is 8.54. The van der Waals surface area contributed by atoms with Crippen LogP contribution in [0.1, 0.15) is 26.3 Å². The monoisotopic (exact) mass is 573 g/mol. The number of benzene rings is 1. The minimum atomic E-state index is -5.42. The Hall–Kier alpha value is -2.91. The molecule has 1 saturated heterocycles. The summed E-state index contributed by atoms with van der Waals surface area (Å²) >= 11 is 0. The smallest absolute Gasteiger partial charge is 0.369 e. The number of amides is 1. The molecule has 1 aliphatic rings. The third kappa shape index (κ3) is 6.21. The third-order valence-electron chi connectivity index (χ3n) is 6.01. The van der Waals surface area contributed by atoms with E-state index in [-0.39, 0.29) is 30.2 Å². The van der Waals surface area contributed by atoms with Gasteiger partial charge in [-0.25, -0.2) is 12.8 Å². The van der Waals surface area contributed by atoms with Crippen LogP contribution in [-0.4, -0.2) is 61.2 Å². The highest BCUT2D eigenvalue weighted by Crippen LogP contribution is 2.38. The fraction of sp³-hybridized carbons (Fsp3) is 0.435. The van der Waals surface area contributed by atoms with Gasteiger partial charge in [-0.05, 0) is 50.6 Å². The van der Waals surface area contributed by atoms with Crippen LogP contribution in [0.5, 0.6) is 0 Å². The lowest BCUT2D eigenvalue weighted by Gasteiger charge is -2.41. The SMILES string of the molecule is C/C=C(\C=C/C=C(C)C(O)(C(N)=O)C(F)(F)F)S(=O)(=O)N1CCN(c2ccc(F)cc2C(F)(F)F)CC1C. The van der Waals surface area contributed by atoms with Crippen LogP contribution in [-0.2, 0) is 21.0 Å². The van der Waals surface area contributed by atoms with Crippen LogP contribution >= 0.6 is 0 Å². The first-order chi connectivity index (χ1) is 17.3. The first-order valence-electron chi connectivity index (χ1n) is 11.0. The summed E-state index contributed by atoms with van der Waals surface area (Å²) in [6.45, 7) is 3.03. The summed E-state index contributed by atoms with van der Waals surface area (Å²) < 4.78 is 121. The highest BCUT2D eigenvalue weighted by atomic mass is 32.2. The van der Waals surface area contributed by atoms with Crippen LogP contribution in [0.4, 0.5) is 36.4 Å². The maximum absolute atomic E-state index is 13.5. The molecule has 0 bridgehead atoms. The number of aliphatic hydroxyl groups is 1. The normalized spacial score (nSPS) is 20.6. The van der Waals surface area contributed by atoms with E-state index < -0.39 is 56.9 Å². The maximum atomic E-state index is 13.5. The Morgan fingerprint density at radius 2 is 1.76 bits per heavy atom. The number of anilines is 1. The number of alkyl halides is 6. The summed E-state index contributed by atoms with van der Waals surface area (Å²) in [6.07, 6.45) is -6.60. The van der Waals surface area contributed by atoms with Gasteiger partial charge in [0.15, 0.2) is 0 Å². The van der Waals surface area contributed by atoms with Crippen LogP contribution in [0.2, 0.25) is 0 Å². The molecule has 0 aliphatic carbocycles. The fourth-order valence-corrected chi connectivity index (χ4v) is 5.64. The number of carbonyl (C=O) groups is 1. The van der Waals surface area contributed by atoms with Gasteiger partial charge in [0, 0.05) is 31.4 Å². The molecular formula is C23H26F7N3O4S. The van der Waals surface area contributed by atoms with Crippen LogP contribution in [0, 0.1) is 5.82 Å². The van der Waals surface area contributed by atoms with Gasteiger partial charge in [0.1, 0.15) is 5.82 Å². The van der Waals surface area contributed by atoms with Crippen LogP contribution < -0.4 is 10.6 Å². The van der Waals surface area contributed by atoms with E-state index in [1.165, 1.54) is 18.7 Å². The molecule has 7 nitrogen and oxygen atoms in total. The van der Waals surface area contributed by atoms with E-state index in [1.807, 2.05) is 0 Å². The molecule has 1 aromatic rings. The van der Waals surface area contributed by atoms with Crippen molar-refractivity contribution in [3.8, 4) is 0 Å². The standard InChI is InChI=1S/C23H26F7N3O4S/c1-4-17(7-5-6-14(2)21(35,20(31)34)23(28,29)30)38(36,37)33-11-10-32(13-15(33)3)19-9-8-16(24)12-18(19)22(25,26)27/h4-9,12,15,35H,10-11,13H2,1-3H3,(H2,31,34)/b7-5-,14-6?,17-4+. The van der Waals surface area contributed by atoms with Gasteiger partial charge in [-0.3, -0.25) is 4.79 Å². The first kappa shape index (κ1) is 31.3. The molecule has 3 N–H and O–H groups in total. The summed E-state index contributed by atoms with van der Waals surface area (Å²) in [6, 6.07) is 1.36. The summed E-state index contributed by atoms with van der Waals surface area (Å²) in [4.78, 5) is 12.2. The number of nitrogens with zero attached hydrogens (tertiary/aromatic N) is 2. The minimum Gasteiger partial charge on any atom is -0.369 e. The van der Waals surface area contributed by atoms with Gasteiger partial charge >= 0.3 is 12.4 Å². The number of piperazine rings is 1. The highest BCUT2D eigenvalue weighted by molar-refractivity contribution is 7.93. The van der Waals surface area contributed by atoms with Crippen molar-refractivity contribution >= 4 is 21.6 Å². The van der Waals surface area contributed by atoms with Crippen molar-refractivity contribution in [2.24, 2.45) is 5.73 Å². The second kappa shape index (κ2) is 11.1. The van der Waals surface area contributed by atoms with Gasteiger partial charge in [0.05, 0.1) is 10.5 Å². The van der Waals surface area contributed by atoms with Crippen molar-refractivity contribution in [3.63, 3.8) is 0 Å². The molecular weight excluding hydrogens is 547 g/mol. The van der Waals surface area contributed by atoms with E-state index in [0.717, 1.165) is 41.6 Å². The Balaban J connectivity index is 2.29. The lowest BCUT2D eigenvalue weighted by molar-refractivity contribution is -0.236. The minimum absolute atomic E-state index is 0.158. The Bertz CT molecular complexity index is 1260. The number of rotatable bonds is 7. The number of nitrogens with two attached hydrogens (primary N) is 1. The molecule has 1 amide bonds. The molecule has 2 rings (SSSR count). The summed E-state index contributed by atoms with van der Waals surface area (Å²) in [7, 11) is -4.26. The summed E-state index contributed by atoms with van der Waals surface area (Å²) in [5.41, 5.74) is -1.65. The molecule has 1 aliphatic heterocycles. The van der Waals surface area contributed by atoms with E-state index in [2.05, 4.69) is 0 Å². The quantitative estimate of drug-likeness (QED) is 0.381. The zero-order chi connectivity index (χ0) is 29.3. The number of halogens is 7. The molecule has 0 radical (unpaired) electrons. The van der Waals surface area contributed by atoms with Crippen molar-refractivity contribution in [1.82, 2.24) is 4.31 Å². The first-order valence-corrected chi connectivity index (χ1v) is 12.5. The lowest BCUT2D eigenvalue weighted by Crippen LogP contribution is -2.56. The predicted octanol–water partition coefficient (Wildman–Crippen LogP) is 3.87. The molecule has 15 heteroatoms. The van der Waals surface area contributed by atoms with Crippen molar-refractivity contribution in [2.75, 3.05) is 24.5 Å². The number of hydrogen-bond donors (Lipinski definition) is 2. The van der Waals surface area contributed by atoms with Crippen molar-refractivity contribution in [3.05, 3.63) is 64.4 Å². The Kier molecular flexibility index (Phi) is 9.11. The number of allylic oxidation sites excluding steroid dienone is 4. The molecule has 0 saturated carbocycles. The van der Waals surface area contributed by atoms with Crippen LogP contribution in [0.3, 0.4) is 0 Å². The number of carbonyl (C=O) groups excluding carboxylic acids is 1. The van der Waals surface area contributed by atoms with E-state index >= 15 is 0 Å². The molecule has 212 valence electrons. The molecule has 2 atom stereocenters. The Labute approximate surface area is 214 Å². The zero-order valence-corrected chi connectivity index (χ0v) is 21.3. The molecule has 2 unspecified atom stereocenters. The van der Waals surface area contributed by atoms with E-state index in [1.54, 1.807) is 0 Å². The highest BCUT2D eigenvalue weighted by Gasteiger charge is 2.59. The Morgan fingerprint density at radius 1 is 1.16 bits per heavy atom. The largest absolute Gasteiger partial charge is 0.430 e. The third-order valence-corrected chi connectivity index (χ3v) is 8.13. The van der Waals surface area contributed by atoms with Crippen molar-refractivity contribution in [2.45, 2.75) is 44.8 Å². The van der Waals surface area contributed by atoms with E-state index in [4.69, 9.17) is 5.73 Å². The van der Waals surface area contributed by atoms with Gasteiger partial charge < -0.3 is 15.7 Å². The van der Waals surface area contributed by atoms with Crippen LogP contribution in [0.25, 0.3) is 0 Å². The zero-order valence-electron chi connectivity index (χ0n) is 20.4. The molecule has 0 aromatic heterocycles. The Morgan fingerprint density at radius 3 is 2.24 bits per heavy atom. The number of hydrogen-bond acceptors (Lipinski definition) is 5. The molecule has 0 spiro atoms. The molecule has 1 aromatic carbocycles. The molecule has 1 heterocycles. The molecule has 1 fully saturated rings. The van der Waals surface area contributed by atoms with E-state index in [0.29, 0.717) is 12.1 Å².